The van der Waals surface area contributed by atoms with Crippen molar-refractivity contribution in [2.45, 2.75) is 133 Å². The molecule has 93 heavy (non-hydrogen) atoms. The van der Waals surface area contributed by atoms with Crippen molar-refractivity contribution in [2.75, 3.05) is 95.3 Å². The summed E-state index contributed by atoms with van der Waals surface area (Å²) in [5.74, 6) is -2.18. The van der Waals surface area contributed by atoms with Gasteiger partial charge in [0.15, 0.2) is 0 Å². The largest absolute Gasteiger partial charge is 0.501 e. The molecular formula is C67H86ClF3N10O9S3. The normalized spacial score (nSPS) is 19.1. The summed E-state index contributed by atoms with van der Waals surface area (Å²) in [7, 11) is -10.9. The number of hydrogen-bond acceptors (Lipinski definition) is 16. The molecule has 4 heterocycles. The van der Waals surface area contributed by atoms with E-state index in [2.05, 4.69) is 66.5 Å². The van der Waals surface area contributed by atoms with Gasteiger partial charge in [0.2, 0.25) is 17.7 Å². The van der Waals surface area contributed by atoms with Gasteiger partial charge in [-0.15, -0.1) is 11.3 Å². The Morgan fingerprint density at radius 3 is 2.06 bits per heavy atom. The van der Waals surface area contributed by atoms with Crippen molar-refractivity contribution in [3.8, 4) is 10.4 Å². The molecule has 0 bridgehead atoms. The van der Waals surface area contributed by atoms with E-state index in [-0.39, 0.29) is 49.4 Å². The fourth-order valence-electron chi connectivity index (χ4n) is 12.6. The molecule has 0 unspecified atom stereocenters. The van der Waals surface area contributed by atoms with E-state index in [0.29, 0.717) is 69.6 Å². The fraction of sp³-hybridized carbons (Fsp3) is 0.507. The van der Waals surface area contributed by atoms with Gasteiger partial charge >= 0.3 is 5.51 Å². The van der Waals surface area contributed by atoms with E-state index in [1.807, 2.05) is 68.8 Å². The monoisotopic (exact) mass is 1360 g/mol. The van der Waals surface area contributed by atoms with Gasteiger partial charge in [0, 0.05) is 108 Å². The third-order valence-corrected chi connectivity index (χ3v) is 22.1. The van der Waals surface area contributed by atoms with Gasteiger partial charge in [-0.25, -0.2) is 26.5 Å². The fourth-order valence-corrected chi connectivity index (χ4v) is 15.6. The maximum atomic E-state index is 14.1. The maximum absolute atomic E-state index is 14.1. The number of nitrogens with zero attached hydrogens (tertiary/aromatic N) is 6. The number of rotatable bonds is 24. The number of carbonyl (C=O) groups excluding carboxylic acids is 4. The first-order chi connectivity index (χ1) is 43.9. The third kappa shape index (κ3) is 18.3. The van der Waals surface area contributed by atoms with Gasteiger partial charge in [0.05, 0.1) is 32.8 Å². The van der Waals surface area contributed by atoms with E-state index in [4.69, 9.17) is 11.6 Å². The third-order valence-electron chi connectivity index (χ3n) is 18.0. The zero-order valence-corrected chi connectivity index (χ0v) is 56.9. The number of aliphatic hydroxyl groups excluding tert-OH is 1. The number of thiazole rings is 1. The number of aromatic nitrogens is 1. The molecule has 1 aromatic heterocycles. The Morgan fingerprint density at radius 1 is 0.806 bits per heavy atom. The van der Waals surface area contributed by atoms with Crippen molar-refractivity contribution in [1.29, 1.82) is 0 Å². The van der Waals surface area contributed by atoms with Crippen LogP contribution in [0.15, 0.2) is 112 Å². The molecule has 0 spiro atoms. The summed E-state index contributed by atoms with van der Waals surface area (Å²) in [5.41, 5.74) is 2.74. The van der Waals surface area contributed by atoms with E-state index in [1.54, 1.807) is 29.0 Å². The van der Waals surface area contributed by atoms with Crippen LogP contribution in [0, 0.1) is 17.8 Å². The quantitative estimate of drug-likeness (QED) is 0.0362. The Morgan fingerprint density at radius 2 is 1.44 bits per heavy atom. The minimum Gasteiger partial charge on any atom is -0.391 e. The Bertz CT molecular complexity index is 3720. The Hall–Kier alpha value is -6.45. The number of benzene rings is 4. The molecule has 3 saturated heterocycles. The summed E-state index contributed by atoms with van der Waals surface area (Å²) in [5, 5.41) is 20.0. The van der Waals surface area contributed by atoms with E-state index < -0.39 is 82.2 Å². The van der Waals surface area contributed by atoms with Crippen molar-refractivity contribution < 1.29 is 54.3 Å². The standard InChI is InChI=1S/C67H86ClF3N10O9S3/c1-45-60(91-44-74-45)48-13-11-46(12-14-48)41-73-63(85)57-38-53(82)43-81(57)64(86)61(65(2,3)4)75-59(83)10-7-8-28-77-30-32-78(33-31-77)29-9-27-72-56-24-23-54(39-58(56)92(87,88)67(69,70)71)93(89,90)76-62(84)49-17-21-52(22-18-49)80-36-34-79(35-37-80)42-50-40-66(5,6)26-25-55(50)47-15-19-51(68)20-16-47/h11-24,39,44,53,57,61,72,82H,7-10,25-38,40-43H2,1-6H3,(H,73,85)(H,75,83)(H,76,84)/t53-,57+,61-/m1/s1. The second-order valence-electron chi connectivity index (χ2n) is 26.6. The van der Waals surface area contributed by atoms with Crippen LogP contribution in [-0.4, -0.2) is 179 Å². The molecule has 1 aliphatic carbocycles. The van der Waals surface area contributed by atoms with Gasteiger partial charge in [0.1, 0.15) is 17.0 Å². The molecule has 3 atom stereocenters. The predicted molar refractivity (Wildman–Crippen MR) is 357 cm³/mol. The van der Waals surface area contributed by atoms with E-state index in [0.717, 1.165) is 91.5 Å². The van der Waals surface area contributed by atoms with Crippen LogP contribution < -0.4 is 25.6 Å². The lowest BCUT2D eigenvalue weighted by Gasteiger charge is -2.39. The van der Waals surface area contributed by atoms with Gasteiger partial charge in [-0.1, -0.05) is 88.2 Å². The molecule has 0 radical (unpaired) electrons. The highest BCUT2D eigenvalue weighted by molar-refractivity contribution is 7.92. The summed E-state index contributed by atoms with van der Waals surface area (Å²) in [6, 6.07) is 22.6. The number of sulfone groups is 1. The van der Waals surface area contributed by atoms with Gasteiger partial charge in [-0.05, 0) is 146 Å². The van der Waals surface area contributed by atoms with Crippen LogP contribution in [0.25, 0.3) is 16.0 Å². The second-order valence-corrected chi connectivity index (χ2v) is 31.5. The number of sulfonamides is 1. The number of amides is 4. The van der Waals surface area contributed by atoms with Crippen LogP contribution in [-0.2, 0) is 40.8 Å². The molecule has 5 aromatic rings. The highest BCUT2D eigenvalue weighted by Gasteiger charge is 2.49. The van der Waals surface area contributed by atoms with Crippen LogP contribution in [0.1, 0.15) is 113 Å². The van der Waals surface area contributed by atoms with E-state index in [9.17, 15) is 54.3 Å². The van der Waals surface area contributed by atoms with Crippen molar-refractivity contribution in [1.82, 2.24) is 39.9 Å². The number of allylic oxidation sites excluding steroid dienone is 1. The zero-order valence-electron chi connectivity index (χ0n) is 53.7. The molecule has 4 aromatic carbocycles. The topological polar surface area (TPSA) is 234 Å². The average Bonchev–Trinajstić information content (AvgIpc) is 1.35. The van der Waals surface area contributed by atoms with Gasteiger partial charge in [-0.2, -0.15) is 13.2 Å². The van der Waals surface area contributed by atoms with Crippen molar-refractivity contribution in [3.05, 3.63) is 129 Å². The number of nitrogens with one attached hydrogen (secondary N) is 4. The molecular weight excluding hydrogens is 1280 g/mol. The molecule has 3 aliphatic heterocycles. The molecule has 9 rings (SSSR count). The van der Waals surface area contributed by atoms with Crippen LogP contribution >= 0.6 is 22.9 Å². The maximum Gasteiger partial charge on any atom is 0.501 e. The number of carbonyl (C=O) groups is 4. The second kappa shape index (κ2) is 30.1. The molecule has 4 aliphatic rings. The Kier molecular flexibility index (Phi) is 22.9. The number of hydrogen-bond donors (Lipinski definition) is 5. The van der Waals surface area contributed by atoms with Crippen LogP contribution in [0.4, 0.5) is 24.5 Å². The Balaban J connectivity index is 0.694. The molecule has 26 heteroatoms. The lowest BCUT2D eigenvalue weighted by molar-refractivity contribution is -0.144. The molecule has 0 saturated carbocycles. The number of alkyl halides is 3. The minimum absolute atomic E-state index is 0.0251. The number of halogens is 4. The van der Waals surface area contributed by atoms with Crippen LogP contribution in [0.3, 0.4) is 0 Å². The molecule has 3 fully saturated rings. The first-order valence-electron chi connectivity index (χ1n) is 31.7. The van der Waals surface area contributed by atoms with Crippen LogP contribution in [0.2, 0.25) is 5.02 Å². The van der Waals surface area contributed by atoms with Gasteiger partial charge < -0.3 is 40.7 Å². The number of unbranched alkanes of at least 4 members (excludes halogenated alkanes) is 1. The SMILES string of the molecule is Cc1ncsc1-c1ccc(CNC(=O)[C@@H]2C[C@@H](O)CN2C(=O)[C@@H](NC(=O)CCCCN2CCN(CCCNc3ccc(S(=O)(=O)NC(=O)c4ccc(N5CCN(CC6=C(c7ccc(Cl)cc7)CCC(C)(C)C6)CC5)cc4)cc3S(=O)(=O)C(F)(F)F)CC2)C(C)(C)C)cc1. The molecule has 504 valence electrons. The van der Waals surface area contributed by atoms with Crippen molar-refractivity contribution >= 4 is 83.4 Å². The predicted octanol–water partition coefficient (Wildman–Crippen LogP) is 9.37. The highest BCUT2D eigenvalue weighted by atomic mass is 35.5. The van der Waals surface area contributed by atoms with Crippen LogP contribution in [0.5, 0.6) is 0 Å². The van der Waals surface area contributed by atoms with Crippen molar-refractivity contribution in [2.24, 2.45) is 10.8 Å². The molecule has 4 amide bonds. The zero-order chi connectivity index (χ0) is 67.0. The summed E-state index contributed by atoms with van der Waals surface area (Å²) in [6.45, 7) is 20.3. The summed E-state index contributed by atoms with van der Waals surface area (Å²) in [4.78, 5) is 68.1. The number of aliphatic hydroxyl groups is 1. The van der Waals surface area contributed by atoms with E-state index >= 15 is 0 Å². The number of aryl methyl sites for hydroxylation is 1. The number of likely N-dealkylation sites (tertiary alicyclic amines) is 1. The number of piperazine rings is 2. The highest BCUT2D eigenvalue weighted by Crippen LogP contribution is 2.43. The van der Waals surface area contributed by atoms with Gasteiger partial charge in [0.25, 0.3) is 25.8 Å². The average molecular weight is 1360 g/mol. The lowest BCUT2D eigenvalue weighted by Crippen LogP contribution is -2.57. The number of β-amino-alcohol motifs (C(OH)–C–C–N with tert-alkyl or cyclic N) is 1. The molecule has 5 N–H and O–H groups in total. The molecule has 19 nitrogen and oxygen atoms in total. The summed E-state index contributed by atoms with van der Waals surface area (Å²) >= 11 is 7.76. The minimum atomic E-state index is -6.06. The smallest absolute Gasteiger partial charge is 0.391 e. The first kappa shape index (κ1) is 70.9. The lowest BCUT2D eigenvalue weighted by atomic mass is 9.73. The van der Waals surface area contributed by atoms with Gasteiger partial charge in [-0.3, -0.25) is 24.1 Å². The van der Waals surface area contributed by atoms with Crippen molar-refractivity contribution in [3.63, 3.8) is 0 Å². The first-order valence-corrected chi connectivity index (χ1v) is 36.0. The summed E-state index contributed by atoms with van der Waals surface area (Å²) < 4.78 is 97.3. The number of anilines is 2. The summed E-state index contributed by atoms with van der Waals surface area (Å²) in [6.07, 6.45) is 4.11. The Labute approximate surface area is 553 Å². The van der Waals surface area contributed by atoms with E-state index in [1.165, 1.54) is 33.7 Å².